The molecule has 1 fully saturated rings. The molecule has 0 bridgehead atoms. The van der Waals surface area contributed by atoms with Gasteiger partial charge in [0, 0.05) is 31.2 Å². The summed E-state index contributed by atoms with van der Waals surface area (Å²) in [4.78, 5) is 14.1. The minimum Gasteiger partial charge on any atom is -0.496 e. The molecule has 0 unspecified atom stereocenters. The second-order valence-corrected chi connectivity index (χ2v) is 8.94. The van der Waals surface area contributed by atoms with Crippen molar-refractivity contribution in [2.45, 2.75) is 11.1 Å². The molecule has 11 heteroatoms. The Morgan fingerprint density at radius 2 is 1.63 bits per heavy atom. The van der Waals surface area contributed by atoms with E-state index in [2.05, 4.69) is 0 Å². The third kappa shape index (κ3) is 4.55. The maximum Gasteiger partial charge on any atom is 0.416 e. The van der Waals surface area contributed by atoms with Gasteiger partial charge in [-0.1, -0.05) is 11.6 Å². The lowest BCUT2D eigenvalue weighted by Crippen LogP contribution is -2.50. The van der Waals surface area contributed by atoms with Crippen molar-refractivity contribution in [3.8, 4) is 5.75 Å². The molecule has 0 atom stereocenters. The fraction of sp³-hybridized carbons (Fsp3) is 0.316. The van der Waals surface area contributed by atoms with Gasteiger partial charge < -0.3 is 9.64 Å². The molecule has 6 nitrogen and oxygen atoms in total. The number of piperazine rings is 1. The van der Waals surface area contributed by atoms with Gasteiger partial charge in [-0.15, -0.1) is 0 Å². The summed E-state index contributed by atoms with van der Waals surface area (Å²) >= 11 is 5.96. The molecular formula is C19H18ClF3N2O4S. The van der Waals surface area contributed by atoms with Gasteiger partial charge in [0.15, 0.2) is 0 Å². The van der Waals surface area contributed by atoms with Crippen molar-refractivity contribution >= 4 is 27.5 Å². The van der Waals surface area contributed by atoms with Gasteiger partial charge in [0.2, 0.25) is 10.0 Å². The fourth-order valence-corrected chi connectivity index (χ4v) is 4.71. The number of benzene rings is 2. The minimum absolute atomic E-state index is 0.0119. The van der Waals surface area contributed by atoms with Gasteiger partial charge >= 0.3 is 6.18 Å². The predicted octanol–water partition coefficient (Wildman–Crippen LogP) is 3.51. The molecule has 2 aromatic carbocycles. The predicted molar refractivity (Wildman–Crippen MR) is 104 cm³/mol. The van der Waals surface area contributed by atoms with Crippen molar-refractivity contribution < 1.29 is 31.1 Å². The van der Waals surface area contributed by atoms with Crippen LogP contribution < -0.4 is 4.74 Å². The van der Waals surface area contributed by atoms with Crippen LogP contribution in [0.1, 0.15) is 15.9 Å². The van der Waals surface area contributed by atoms with Crippen molar-refractivity contribution in [3.63, 3.8) is 0 Å². The third-order valence-corrected chi connectivity index (χ3v) is 6.89. The van der Waals surface area contributed by atoms with E-state index in [-0.39, 0.29) is 42.5 Å². The van der Waals surface area contributed by atoms with Crippen LogP contribution in [0.4, 0.5) is 13.2 Å². The molecule has 1 saturated heterocycles. The number of ether oxygens (including phenoxy) is 1. The Morgan fingerprint density at radius 1 is 1.03 bits per heavy atom. The van der Waals surface area contributed by atoms with E-state index in [9.17, 15) is 26.4 Å². The molecule has 1 amide bonds. The summed E-state index contributed by atoms with van der Waals surface area (Å²) in [6.07, 6.45) is -4.55. The fourth-order valence-electron chi connectivity index (χ4n) is 3.11. The van der Waals surface area contributed by atoms with Gasteiger partial charge in [-0.2, -0.15) is 17.5 Å². The van der Waals surface area contributed by atoms with Crippen LogP contribution in [0.15, 0.2) is 47.4 Å². The maximum absolute atomic E-state index is 12.8. The van der Waals surface area contributed by atoms with E-state index in [1.807, 2.05) is 0 Å². The van der Waals surface area contributed by atoms with E-state index in [1.54, 1.807) is 12.1 Å². The summed E-state index contributed by atoms with van der Waals surface area (Å²) in [6.45, 7) is 0.263. The molecular weight excluding hydrogens is 445 g/mol. The zero-order valence-corrected chi connectivity index (χ0v) is 17.4. The van der Waals surface area contributed by atoms with Crippen LogP contribution in [-0.2, 0) is 16.2 Å². The summed E-state index contributed by atoms with van der Waals surface area (Å²) in [7, 11) is -2.55. The number of halogens is 4. The molecule has 0 aliphatic carbocycles. The molecule has 0 spiro atoms. The van der Waals surface area contributed by atoms with Crippen LogP contribution >= 0.6 is 11.6 Å². The number of rotatable bonds is 4. The number of amides is 1. The lowest BCUT2D eigenvalue weighted by molar-refractivity contribution is -0.137. The first-order valence-corrected chi connectivity index (χ1v) is 10.7. The second-order valence-electron chi connectivity index (χ2n) is 6.56. The Bertz CT molecular complexity index is 1030. The average Bonchev–Trinajstić information content (AvgIpc) is 2.72. The van der Waals surface area contributed by atoms with Crippen molar-refractivity contribution in [1.82, 2.24) is 9.21 Å². The molecule has 0 saturated carbocycles. The van der Waals surface area contributed by atoms with Gasteiger partial charge in [0.25, 0.3) is 5.91 Å². The van der Waals surface area contributed by atoms with E-state index in [4.69, 9.17) is 16.3 Å². The van der Waals surface area contributed by atoms with Gasteiger partial charge in [-0.25, -0.2) is 8.42 Å². The monoisotopic (exact) mass is 462 g/mol. The Morgan fingerprint density at radius 3 is 2.17 bits per heavy atom. The van der Waals surface area contributed by atoms with E-state index < -0.39 is 21.8 Å². The first kappa shape index (κ1) is 22.4. The van der Waals surface area contributed by atoms with E-state index in [0.717, 1.165) is 28.6 Å². The smallest absolute Gasteiger partial charge is 0.416 e. The van der Waals surface area contributed by atoms with Crippen molar-refractivity contribution in [1.29, 1.82) is 0 Å². The summed E-state index contributed by atoms with van der Waals surface area (Å²) in [6, 6.07) is 7.98. The lowest BCUT2D eigenvalue weighted by Gasteiger charge is -2.34. The molecule has 2 aromatic rings. The Hall–Kier alpha value is -2.30. The second kappa shape index (κ2) is 8.44. The van der Waals surface area contributed by atoms with E-state index in [1.165, 1.54) is 18.1 Å². The highest BCUT2D eigenvalue weighted by molar-refractivity contribution is 7.89. The number of carbonyl (C=O) groups is 1. The quantitative estimate of drug-likeness (QED) is 0.697. The number of carbonyl (C=O) groups excluding carboxylic acids is 1. The van der Waals surface area contributed by atoms with Crippen LogP contribution in [0.2, 0.25) is 5.02 Å². The third-order valence-electron chi connectivity index (χ3n) is 4.74. The Kier molecular flexibility index (Phi) is 6.30. The number of nitrogens with zero attached hydrogens (tertiary/aromatic N) is 2. The van der Waals surface area contributed by atoms with Gasteiger partial charge in [-0.05, 0) is 42.5 Å². The van der Waals surface area contributed by atoms with E-state index >= 15 is 0 Å². The van der Waals surface area contributed by atoms with Crippen LogP contribution in [0.25, 0.3) is 0 Å². The average molecular weight is 463 g/mol. The van der Waals surface area contributed by atoms with Crippen LogP contribution in [0, 0.1) is 0 Å². The van der Waals surface area contributed by atoms with Crippen LogP contribution in [0.3, 0.4) is 0 Å². The molecule has 1 aliphatic rings. The normalized spacial score (nSPS) is 15.8. The van der Waals surface area contributed by atoms with Gasteiger partial charge in [0.05, 0.1) is 23.1 Å². The number of alkyl halides is 3. The summed E-state index contributed by atoms with van der Waals surface area (Å²) < 4.78 is 69.9. The number of sulfonamides is 1. The summed E-state index contributed by atoms with van der Waals surface area (Å²) in [5.41, 5.74) is -0.656. The van der Waals surface area contributed by atoms with Crippen LogP contribution in [-0.4, -0.2) is 56.8 Å². The van der Waals surface area contributed by atoms with Crippen molar-refractivity contribution in [2.24, 2.45) is 0 Å². The Balaban J connectivity index is 1.72. The summed E-state index contributed by atoms with van der Waals surface area (Å²) in [5, 5.41) is 0.364. The molecule has 0 radical (unpaired) electrons. The molecule has 162 valence electrons. The number of methoxy groups -OCH3 is 1. The van der Waals surface area contributed by atoms with Gasteiger partial charge in [-0.3, -0.25) is 4.79 Å². The summed E-state index contributed by atoms with van der Waals surface area (Å²) in [5.74, 6) is 0.00475. The maximum atomic E-state index is 12.8. The van der Waals surface area contributed by atoms with Crippen molar-refractivity contribution in [2.75, 3.05) is 33.3 Å². The molecule has 0 aromatic heterocycles. The molecule has 1 aliphatic heterocycles. The zero-order chi connectivity index (χ0) is 22.1. The molecule has 1 heterocycles. The zero-order valence-electron chi connectivity index (χ0n) is 15.8. The highest BCUT2D eigenvalue weighted by Crippen LogP contribution is 2.30. The largest absolute Gasteiger partial charge is 0.496 e. The van der Waals surface area contributed by atoms with Crippen LogP contribution in [0.5, 0.6) is 5.75 Å². The lowest BCUT2D eigenvalue weighted by atomic mass is 10.1. The number of hydrogen-bond donors (Lipinski definition) is 0. The van der Waals surface area contributed by atoms with Crippen molar-refractivity contribution in [3.05, 3.63) is 58.6 Å². The molecule has 30 heavy (non-hydrogen) atoms. The number of hydrogen-bond acceptors (Lipinski definition) is 4. The molecule has 3 rings (SSSR count). The van der Waals surface area contributed by atoms with Gasteiger partial charge in [0.1, 0.15) is 5.75 Å². The SMILES string of the molecule is COc1ccc(Cl)cc1C(=O)N1CCN(S(=O)(=O)c2ccc(C(F)(F)F)cc2)CC1. The minimum atomic E-state index is -4.55. The first-order chi connectivity index (χ1) is 14.0. The molecule has 0 N–H and O–H groups in total. The topological polar surface area (TPSA) is 66.9 Å². The highest BCUT2D eigenvalue weighted by atomic mass is 35.5. The highest BCUT2D eigenvalue weighted by Gasteiger charge is 2.33. The Labute approximate surface area is 176 Å². The standard InChI is InChI=1S/C19H18ClF3N2O4S/c1-29-17-7-4-14(20)12-16(17)18(26)24-8-10-25(11-9-24)30(27,28)15-5-2-13(3-6-15)19(21,22)23/h2-7,12H,8-11H2,1H3. The van der Waals surface area contributed by atoms with E-state index in [0.29, 0.717) is 10.8 Å². The first-order valence-electron chi connectivity index (χ1n) is 8.84.